The standard InChI is InChI=1S/C23H29N5OS/c1-14-3-8-19-20(24)21(30-23(19)27(14)2)22(29)25-10-9-15-4-6-17(7-5-15)28-13-16-11-18(28)12-26-16/h3-8,14,16,18,26H,9-13,24H2,1-2H3,(H,25,29)/t14?,16-,18-/m1/s1. The number of carbonyl (C=O) groups excluding carboxylic acids is 1. The van der Waals surface area contributed by atoms with Gasteiger partial charge in [0.25, 0.3) is 5.91 Å². The Morgan fingerprint density at radius 1 is 1.33 bits per heavy atom. The van der Waals surface area contributed by atoms with Crippen LogP contribution in [0.25, 0.3) is 6.08 Å². The molecule has 1 unspecified atom stereocenters. The fourth-order valence-corrected chi connectivity index (χ4v) is 5.89. The Hall–Kier alpha value is -2.51. The van der Waals surface area contributed by atoms with Crippen LogP contribution in [0.4, 0.5) is 16.4 Å². The van der Waals surface area contributed by atoms with Crippen molar-refractivity contribution < 1.29 is 4.79 Å². The Labute approximate surface area is 181 Å². The second-order valence-electron chi connectivity index (χ2n) is 8.59. The highest BCUT2D eigenvalue weighted by Gasteiger charge is 2.37. The number of rotatable bonds is 5. The normalized spacial score (nSPS) is 24.4. The first-order valence-electron chi connectivity index (χ1n) is 10.7. The fraction of sp³-hybridized carbons (Fsp3) is 0.435. The first-order valence-corrected chi connectivity index (χ1v) is 11.5. The minimum absolute atomic E-state index is 0.0847. The Morgan fingerprint density at radius 2 is 2.13 bits per heavy atom. The largest absolute Gasteiger partial charge is 0.397 e. The van der Waals surface area contributed by atoms with Crippen molar-refractivity contribution in [1.29, 1.82) is 0 Å². The average molecular weight is 424 g/mol. The number of fused-ring (bicyclic) bond motifs is 3. The number of piperazine rings is 1. The maximum Gasteiger partial charge on any atom is 0.263 e. The molecule has 1 aromatic heterocycles. The van der Waals surface area contributed by atoms with Crippen molar-refractivity contribution >= 4 is 39.7 Å². The molecule has 4 N–H and O–H groups in total. The van der Waals surface area contributed by atoms with E-state index in [1.165, 1.54) is 29.0 Å². The molecule has 3 aliphatic heterocycles. The monoisotopic (exact) mass is 423 g/mol. The third-order valence-electron chi connectivity index (χ3n) is 6.67. The van der Waals surface area contributed by atoms with E-state index >= 15 is 0 Å². The van der Waals surface area contributed by atoms with Crippen molar-refractivity contribution in [3.05, 3.63) is 46.3 Å². The summed E-state index contributed by atoms with van der Waals surface area (Å²) in [5.74, 6) is -0.0847. The number of anilines is 3. The summed E-state index contributed by atoms with van der Waals surface area (Å²) in [5, 5.41) is 7.66. The zero-order valence-electron chi connectivity index (χ0n) is 17.5. The maximum atomic E-state index is 12.7. The van der Waals surface area contributed by atoms with Crippen LogP contribution in [0.2, 0.25) is 0 Å². The molecule has 7 heteroatoms. The molecule has 4 heterocycles. The Bertz CT molecular complexity index is 982. The van der Waals surface area contributed by atoms with E-state index in [-0.39, 0.29) is 5.91 Å². The highest BCUT2D eigenvalue weighted by Crippen LogP contribution is 2.41. The predicted molar refractivity (Wildman–Crippen MR) is 126 cm³/mol. The molecule has 158 valence electrons. The van der Waals surface area contributed by atoms with E-state index in [9.17, 15) is 4.79 Å². The predicted octanol–water partition coefficient (Wildman–Crippen LogP) is 2.70. The van der Waals surface area contributed by atoms with Gasteiger partial charge in [0.2, 0.25) is 0 Å². The van der Waals surface area contributed by atoms with Crippen LogP contribution < -0.4 is 26.2 Å². The van der Waals surface area contributed by atoms with Gasteiger partial charge < -0.3 is 26.2 Å². The van der Waals surface area contributed by atoms with Gasteiger partial charge in [-0.2, -0.15) is 0 Å². The first-order chi connectivity index (χ1) is 14.5. The molecule has 3 aliphatic rings. The van der Waals surface area contributed by atoms with E-state index in [4.69, 9.17) is 5.73 Å². The third-order valence-corrected chi connectivity index (χ3v) is 7.98. The van der Waals surface area contributed by atoms with Gasteiger partial charge in [0, 0.05) is 56.1 Å². The van der Waals surface area contributed by atoms with Gasteiger partial charge in [-0.05, 0) is 37.5 Å². The topological polar surface area (TPSA) is 73.6 Å². The Kier molecular flexibility index (Phi) is 4.95. The molecule has 0 aliphatic carbocycles. The molecule has 1 aromatic carbocycles. The van der Waals surface area contributed by atoms with Gasteiger partial charge in [0.15, 0.2) is 0 Å². The molecule has 6 nitrogen and oxygen atoms in total. The number of thiophene rings is 1. The van der Waals surface area contributed by atoms with Crippen LogP contribution in [-0.2, 0) is 6.42 Å². The molecule has 2 aromatic rings. The number of hydrogen-bond acceptors (Lipinski definition) is 6. The number of amides is 1. The van der Waals surface area contributed by atoms with Gasteiger partial charge in [-0.25, -0.2) is 0 Å². The molecule has 3 atom stereocenters. The maximum absolute atomic E-state index is 12.7. The average Bonchev–Trinajstić information content (AvgIpc) is 3.46. The highest BCUT2D eigenvalue weighted by atomic mass is 32.1. The van der Waals surface area contributed by atoms with E-state index in [1.54, 1.807) is 0 Å². The summed E-state index contributed by atoms with van der Waals surface area (Å²) in [6, 6.07) is 10.4. The van der Waals surface area contributed by atoms with Crippen molar-refractivity contribution in [1.82, 2.24) is 10.6 Å². The van der Waals surface area contributed by atoms with Crippen LogP contribution in [0.5, 0.6) is 0 Å². The van der Waals surface area contributed by atoms with Gasteiger partial charge in [-0.15, -0.1) is 11.3 Å². The molecule has 30 heavy (non-hydrogen) atoms. The minimum Gasteiger partial charge on any atom is -0.397 e. The number of nitrogen functional groups attached to an aromatic ring is 1. The van der Waals surface area contributed by atoms with Gasteiger partial charge in [-0.1, -0.05) is 24.3 Å². The smallest absolute Gasteiger partial charge is 0.263 e. The number of nitrogens with two attached hydrogens (primary N) is 1. The second-order valence-corrected chi connectivity index (χ2v) is 9.59. The van der Waals surface area contributed by atoms with Crippen LogP contribution in [0.1, 0.15) is 34.1 Å². The highest BCUT2D eigenvalue weighted by molar-refractivity contribution is 7.19. The number of carbonyl (C=O) groups is 1. The Balaban J connectivity index is 1.18. The molecular weight excluding hydrogens is 394 g/mol. The summed E-state index contributed by atoms with van der Waals surface area (Å²) in [6.45, 7) is 4.93. The van der Waals surface area contributed by atoms with E-state index in [0.717, 1.165) is 30.1 Å². The lowest BCUT2D eigenvalue weighted by atomic mass is 10.1. The number of hydrogen-bond donors (Lipinski definition) is 3. The lowest BCUT2D eigenvalue weighted by Gasteiger charge is -2.29. The molecule has 0 radical (unpaired) electrons. The number of nitrogens with one attached hydrogen (secondary N) is 2. The molecule has 0 saturated carbocycles. The quantitative estimate of drug-likeness (QED) is 0.690. The van der Waals surface area contributed by atoms with E-state index in [1.807, 2.05) is 13.1 Å². The molecule has 2 saturated heterocycles. The Morgan fingerprint density at radius 3 is 2.83 bits per heavy atom. The van der Waals surface area contributed by atoms with Crippen molar-refractivity contribution in [2.75, 3.05) is 42.2 Å². The molecule has 0 spiro atoms. The number of likely N-dealkylation sites (N-methyl/N-ethyl adjacent to an activating group) is 1. The van der Waals surface area contributed by atoms with Crippen molar-refractivity contribution in [3.63, 3.8) is 0 Å². The van der Waals surface area contributed by atoms with Crippen LogP contribution >= 0.6 is 11.3 Å². The summed E-state index contributed by atoms with van der Waals surface area (Å²) in [4.78, 5) is 18.0. The van der Waals surface area contributed by atoms with Gasteiger partial charge in [-0.3, -0.25) is 4.79 Å². The third kappa shape index (κ3) is 3.36. The van der Waals surface area contributed by atoms with Crippen LogP contribution in [-0.4, -0.2) is 50.7 Å². The van der Waals surface area contributed by atoms with Crippen molar-refractivity contribution in [3.8, 4) is 0 Å². The molecule has 1 amide bonds. The lowest BCUT2D eigenvalue weighted by Crippen LogP contribution is -2.43. The zero-order chi connectivity index (χ0) is 20.8. The molecule has 2 fully saturated rings. The molecule has 5 rings (SSSR count). The zero-order valence-corrected chi connectivity index (χ0v) is 18.3. The first kappa shape index (κ1) is 19.5. The van der Waals surface area contributed by atoms with Gasteiger partial charge in [0.05, 0.1) is 5.69 Å². The SMILES string of the molecule is CC1C=Cc2c(sc(C(=O)NCCc3ccc(N4C[C@H]5C[C@@H]4CN5)cc3)c2N)N1C. The molecular formula is C23H29N5OS. The minimum atomic E-state index is -0.0847. The number of benzene rings is 1. The van der Waals surface area contributed by atoms with Crippen LogP contribution in [0, 0.1) is 0 Å². The van der Waals surface area contributed by atoms with Crippen molar-refractivity contribution in [2.24, 2.45) is 0 Å². The number of nitrogens with zero attached hydrogens (tertiary/aromatic N) is 2. The second kappa shape index (κ2) is 7.63. The van der Waals surface area contributed by atoms with E-state index < -0.39 is 0 Å². The molecule has 2 bridgehead atoms. The van der Waals surface area contributed by atoms with Crippen LogP contribution in [0.3, 0.4) is 0 Å². The van der Waals surface area contributed by atoms with Gasteiger partial charge in [0.1, 0.15) is 9.88 Å². The van der Waals surface area contributed by atoms with E-state index in [2.05, 4.69) is 57.7 Å². The summed E-state index contributed by atoms with van der Waals surface area (Å²) < 4.78 is 0. The summed E-state index contributed by atoms with van der Waals surface area (Å²) in [6.07, 6.45) is 6.21. The summed E-state index contributed by atoms with van der Waals surface area (Å²) in [7, 11) is 2.04. The van der Waals surface area contributed by atoms with Crippen LogP contribution in [0.15, 0.2) is 30.3 Å². The van der Waals surface area contributed by atoms with Crippen molar-refractivity contribution in [2.45, 2.75) is 37.9 Å². The fourth-order valence-electron chi connectivity index (χ4n) is 4.72. The lowest BCUT2D eigenvalue weighted by molar-refractivity contribution is 0.0959. The summed E-state index contributed by atoms with van der Waals surface area (Å²) >= 11 is 1.48. The van der Waals surface area contributed by atoms with Gasteiger partial charge >= 0.3 is 0 Å². The summed E-state index contributed by atoms with van der Waals surface area (Å²) in [5.41, 5.74) is 10.4. The van der Waals surface area contributed by atoms with E-state index in [0.29, 0.717) is 35.2 Å².